The van der Waals surface area contributed by atoms with E-state index in [-0.39, 0.29) is 0 Å². The summed E-state index contributed by atoms with van der Waals surface area (Å²) < 4.78 is 0. The van der Waals surface area contributed by atoms with Crippen molar-refractivity contribution < 1.29 is 0 Å². The van der Waals surface area contributed by atoms with Gasteiger partial charge in [0.2, 0.25) is 0 Å². The summed E-state index contributed by atoms with van der Waals surface area (Å²) in [6, 6.07) is 30.8. The summed E-state index contributed by atoms with van der Waals surface area (Å²) in [7, 11) is 0. The van der Waals surface area contributed by atoms with Gasteiger partial charge in [0.25, 0.3) is 0 Å². The van der Waals surface area contributed by atoms with Gasteiger partial charge in [-0.2, -0.15) is 0 Å². The summed E-state index contributed by atoms with van der Waals surface area (Å²) in [4.78, 5) is 0. The summed E-state index contributed by atoms with van der Waals surface area (Å²) in [6.45, 7) is 5.59. The molecule has 3 fully saturated rings. The molecule has 1 heterocycles. The molecule has 7 rings (SSSR count). The fourth-order valence-electron chi connectivity index (χ4n) is 8.90. The van der Waals surface area contributed by atoms with Crippen molar-refractivity contribution in [3.05, 3.63) is 106 Å². The summed E-state index contributed by atoms with van der Waals surface area (Å²) in [5.41, 5.74) is 8.36. The van der Waals surface area contributed by atoms with E-state index in [2.05, 4.69) is 105 Å². The Morgan fingerprint density at radius 3 is 0.667 bits per heavy atom. The molecule has 3 saturated carbocycles. The van der Waals surface area contributed by atoms with E-state index < -0.39 is 0 Å². The van der Waals surface area contributed by atoms with Gasteiger partial charge in [-0.05, 0) is 71.9 Å². The van der Waals surface area contributed by atoms with Crippen LogP contribution in [-0.4, -0.2) is 36.3 Å². The molecule has 0 unspecified atom stereocenters. The fraction of sp³-hybridized carbons (Fsp3) is 0.571. The van der Waals surface area contributed by atoms with Crippen LogP contribution in [0.5, 0.6) is 0 Å². The Bertz CT molecular complexity index is 1160. The van der Waals surface area contributed by atoms with Gasteiger partial charge in [-0.3, -0.25) is 0 Å². The van der Waals surface area contributed by atoms with Crippen molar-refractivity contribution in [1.82, 2.24) is 31.9 Å². The lowest BCUT2D eigenvalue weighted by Gasteiger charge is -2.34. The van der Waals surface area contributed by atoms with Gasteiger partial charge >= 0.3 is 0 Å². The SMILES string of the molecule is c1cc2cc(c1)CN[C@H]1CCCC[C@@H]1NCc1cccc(c1)CN[C@H]1CCCC[C@@H]1NCc1cccc(c1)CN[C@H]1CCCC[C@@H]1NC2. The van der Waals surface area contributed by atoms with Crippen LogP contribution in [0.3, 0.4) is 0 Å². The molecule has 0 spiro atoms. The molecule has 0 radical (unpaired) electrons. The zero-order chi connectivity index (χ0) is 32.4. The number of benzene rings is 3. The zero-order valence-corrected chi connectivity index (χ0v) is 29.1. The first-order valence-corrected chi connectivity index (χ1v) is 19.4. The minimum absolute atomic E-state index is 0.512. The van der Waals surface area contributed by atoms with E-state index in [9.17, 15) is 0 Å². The average molecular weight is 649 g/mol. The topological polar surface area (TPSA) is 72.2 Å². The Kier molecular flexibility index (Phi) is 12.3. The number of hydrogen-bond donors (Lipinski definition) is 6. The smallest absolute Gasteiger partial charge is 0.0224 e. The Hall–Kier alpha value is -2.58. The van der Waals surface area contributed by atoms with Crippen molar-refractivity contribution in [2.24, 2.45) is 0 Å². The van der Waals surface area contributed by atoms with E-state index >= 15 is 0 Å². The van der Waals surface area contributed by atoms with Crippen molar-refractivity contribution in [1.29, 1.82) is 0 Å². The second-order valence-corrected chi connectivity index (χ2v) is 15.2. The second-order valence-electron chi connectivity index (χ2n) is 15.2. The number of rotatable bonds is 0. The van der Waals surface area contributed by atoms with E-state index in [4.69, 9.17) is 0 Å². The molecule has 6 nitrogen and oxygen atoms in total. The normalized spacial score (nSPS) is 29.8. The highest BCUT2D eigenvalue weighted by molar-refractivity contribution is 5.26. The lowest BCUT2D eigenvalue weighted by molar-refractivity contribution is 0.280. The van der Waals surface area contributed by atoms with Crippen molar-refractivity contribution in [2.75, 3.05) is 0 Å². The van der Waals surface area contributed by atoms with Crippen molar-refractivity contribution in [3.8, 4) is 0 Å². The maximum atomic E-state index is 3.97. The molecule has 6 bridgehead atoms. The highest BCUT2D eigenvalue weighted by atomic mass is 15.0. The predicted octanol–water partition coefficient (Wildman–Crippen LogP) is 6.57. The van der Waals surface area contributed by atoms with Crippen LogP contribution in [0, 0.1) is 0 Å². The average Bonchev–Trinajstić information content (AvgIpc) is 3.14. The molecule has 6 N–H and O–H groups in total. The third-order valence-electron chi connectivity index (χ3n) is 11.7. The van der Waals surface area contributed by atoms with Gasteiger partial charge in [0, 0.05) is 75.5 Å². The van der Waals surface area contributed by atoms with Crippen molar-refractivity contribution in [2.45, 2.75) is 153 Å². The maximum Gasteiger partial charge on any atom is 0.0224 e. The summed E-state index contributed by atoms with van der Waals surface area (Å²) in [6.07, 6.45) is 15.4. The van der Waals surface area contributed by atoms with Gasteiger partial charge in [0.05, 0.1) is 0 Å². The molecule has 3 aromatic rings. The molecule has 4 aliphatic rings. The maximum absolute atomic E-state index is 3.97. The van der Waals surface area contributed by atoms with Crippen LogP contribution in [0.1, 0.15) is 110 Å². The minimum Gasteiger partial charge on any atom is -0.308 e. The second kappa shape index (κ2) is 17.4. The van der Waals surface area contributed by atoms with Crippen LogP contribution in [-0.2, 0) is 39.3 Å². The van der Waals surface area contributed by atoms with Crippen molar-refractivity contribution >= 4 is 0 Å². The van der Waals surface area contributed by atoms with Gasteiger partial charge in [0.1, 0.15) is 0 Å². The van der Waals surface area contributed by atoms with Crippen LogP contribution >= 0.6 is 0 Å². The molecule has 3 aliphatic carbocycles. The zero-order valence-electron chi connectivity index (χ0n) is 29.1. The monoisotopic (exact) mass is 648 g/mol. The summed E-state index contributed by atoms with van der Waals surface area (Å²) in [5, 5.41) is 23.8. The summed E-state index contributed by atoms with van der Waals surface area (Å²) in [5.74, 6) is 0. The first kappa shape index (κ1) is 33.9. The number of fused-ring (bicyclic) bond motifs is 9. The molecule has 6 heteroatoms. The molecule has 3 aromatic carbocycles. The van der Waals surface area contributed by atoms with E-state index in [1.165, 1.54) is 110 Å². The third kappa shape index (κ3) is 9.56. The molecule has 6 atom stereocenters. The van der Waals surface area contributed by atoms with Gasteiger partial charge in [-0.1, -0.05) is 111 Å². The quantitative estimate of drug-likeness (QED) is 0.166. The molecule has 48 heavy (non-hydrogen) atoms. The van der Waals surface area contributed by atoms with E-state index in [1.54, 1.807) is 0 Å². The number of hydrogen-bond acceptors (Lipinski definition) is 6. The lowest BCUT2D eigenvalue weighted by atomic mass is 9.89. The van der Waals surface area contributed by atoms with Gasteiger partial charge < -0.3 is 31.9 Å². The summed E-state index contributed by atoms with van der Waals surface area (Å²) >= 11 is 0. The highest BCUT2D eigenvalue weighted by Crippen LogP contribution is 2.23. The van der Waals surface area contributed by atoms with Gasteiger partial charge in [0.15, 0.2) is 0 Å². The Balaban J connectivity index is 1.07. The van der Waals surface area contributed by atoms with Crippen molar-refractivity contribution in [3.63, 3.8) is 0 Å². The van der Waals surface area contributed by atoms with Gasteiger partial charge in [-0.25, -0.2) is 0 Å². The van der Waals surface area contributed by atoms with Crippen LogP contribution in [0.4, 0.5) is 0 Å². The van der Waals surface area contributed by atoms with Crippen LogP contribution < -0.4 is 31.9 Å². The first-order valence-electron chi connectivity index (χ1n) is 19.4. The standard InChI is InChI=1S/C42H60N6/c1-2-17-38-37(16-1)43-25-31-10-7-12-33(22-31)27-45-39-18-3-4-19-40(39)47-29-35-14-9-15-36(24-35)30-48-42-21-6-5-20-41(42)46-28-34-13-8-11-32(23-34)26-44-38/h7-15,22-24,37-48H,1-6,16-21,25-30H2/t37-,38-,39-,40-,41-,42-/m0/s1. The molecule has 258 valence electrons. The fourth-order valence-corrected chi connectivity index (χ4v) is 8.90. The van der Waals surface area contributed by atoms with Crippen LogP contribution in [0.25, 0.3) is 0 Å². The minimum atomic E-state index is 0.512. The van der Waals surface area contributed by atoms with E-state index in [1.807, 2.05) is 0 Å². The molecule has 0 saturated heterocycles. The molecule has 0 aromatic heterocycles. The van der Waals surface area contributed by atoms with Crippen LogP contribution in [0.2, 0.25) is 0 Å². The molecular weight excluding hydrogens is 589 g/mol. The Labute approximate surface area is 290 Å². The predicted molar refractivity (Wildman–Crippen MR) is 198 cm³/mol. The van der Waals surface area contributed by atoms with E-state index in [0.717, 1.165) is 39.3 Å². The Morgan fingerprint density at radius 1 is 0.292 bits per heavy atom. The Morgan fingerprint density at radius 2 is 0.479 bits per heavy atom. The van der Waals surface area contributed by atoms with E-state index in [0.29, 0.717) is 36.3 Å². The largest absolute Gasteiger partial charge is 0.308 e. The first-order chi connectivity index (χ1) is 23.7. The van der Waals surface area contributed by atoms with Crippen LogP contribution in [0.15, 0.2) is 72.8 Å². The lowest BCUT2D eigenvalue weighted by Crippen LogP contribution is -2.49. The highest BCUT2D eigenvalue weighted by Gasteiger charge is 2.27. The molecule has 1 aliphatic heterocycles. The third-order valence-corrected chi connectivity index (χ3v) is 11.7. The number of nitrogens with one attached hydrogen (secondary N) is 6. The molecule has 0 amide bonds. The molecular formula is C42H60N6. The van der Waals surface area contributed by atoms with Gasteiger partial charge in [-0.15, -0.1) is 0 Å².